The monoisotopic (exact) mass is 398 g/mol. The van der Waals surface area contributed by atoms with E-state index in [0.29, 0.717) is 5.41 Å². The summed E-state index contributed by atoms with van der Waals surface area (Å²) in [5.74, 6) is 1.61. The highest BCUT2D eigenvalue weighted by Crippen LogP contribution is 2.58. The first-order valence-corrected chi connectivity index (χ1v) is 9.08. The molecule has 1 saturated heterocycles. The van der Waals surface area contributed by atoms with Crippen LogP contribution in [-0.4, -0.2) is 35.1 Å². The van der Waals surface area contributed by atoms with Crippen molar-refractivity contribution in [1.82, 2.24) is 20.2 Å². The molecule has 1 aromatic carbocycles. The first kappa shape index (κ1) is 21.0. The van der Waals surface area contributed by atoms with Gasteiger partial charge in [-0.2, -0.15) is 0 Å². The summed E-state index contributed by atoms with van der Waals surface area (Å²) in [4.78, 5) is 17.0. The van der Waals surface area contributed by atoms with Crippen LogP contribution in [0.1, 0.15) is 31.5 Å². The molecular formula is C19H28Cl2N4O. The fourth-order valence-corrected chi connectivity index (χ4v) is 4.20. The number of carbonyl (C=O) groups excluding carboxylic acids is 1. The minimum Gasteiger partial charge on any atom is -0.356 e. The van der Waals surface area contributed by atoms with E-state index in [-0.39, 0.29) is 36.6 Å². The Hall–Kier alpha value is -1.30. The van der Waals surface area contributed by atoms with Crippen LogP contribution in [0.5, 0.6) is 0 Å². The zero-order valence-corrected chi connectivity index (χ0v) is 16.8. The fourth-order valence-electron chi connectivity index (χ4n) is 4.20. The lowest BCUT2D eigenvalue weighted by atomic mass is 9.92. The van der Waals surface area contributed by atoms with Gasteiger partial charge in [0.25, 0.3) is 0 Å². The maximum atomic E-state index is 12.3. The van der Waals surface area contributed by atoms with Crippen LogP contribution in [0.4, 0.5) is 0 Å². The number of rotatable bonds is 5. The van der Waals surface area contributed by atoms with E-state index < -0.39 is 0 Å². The molecule has 1 aliphatic carbocycles. The van der Waals surface area contributed by atoms with Gasteiger partial charge in [0.15, 0.2) is 0 Å². The maximum absolute atomic E-state index is 12.3. The van der Waals surface area contributed by atoms with Crippen molar-refractivity contribution in [1.29, 1.82) is 0 Å². The molecule has 2 N–H and O–H groups in total. The van der Waals surface area contributed by atoms with Crippen LogP contribution in [0.3, 0.4) is 0 Å². The Bertz CT molecular complexity index is 755. The summed E-state index contributed by atoms with van der Waals surface area (Å²) in [6, 6.07) is 8.21. The molecule has 1 aromatic heterocycles. The molecule has 1 saturated carbocycles. The van der Waals surface area contributed by atoms with Crippen LogP contribution in [0.2, 0.25) is 0 Å². The SMILES string of the molecule is Cl.Cl.Cn1c(CCCNC(=O)C2CC23CCNCC3)nc2ccccc21. The van der Waals surface area contributed by atoms with Crippen LogP contribution < -0.4 is 10.6 Å². The van der Waals surface area contributed by atoms with Gasteiger partial charge >= 0.3 is 0 Å². The van der Waals surface area contributed by atoms with Gasteiger partial charge in [-0.15, -0.1) is 24.8 Å². The van der Waals surface area contributed by atoms with E-state index in [4.69, 9.17) is 0 Å². The van der Waals surface area contributed by atoms with Gasteiger partial charge in [0.05, 0.1) is 11.0 Å². The van der Waals surface area contributed by atoms with Gasteiger partial charge in [-0.05, 0) is 56.3 Å². The molecular weight excluding hydrogens is 371 g/mol. The van der Waals surface area contributed by atoms with Crippen molar-refractivity contribution in [3.8, 4) is 0 Å². The number of hydrogen-bond acceptors (Lipinski definition) is 3. The first-order valence-electron chi connectivity index (χ1n) is 9.08. The second kappa shape index (κ2) is 8.59. The summed E-state index contributed by atoms with van der Waals surface area (Å²) in [7, 11) is 2.06. The molecule has 1 spiro atoms. The first-order chi connectivity index (χ1) is 11.7. The molecule has 1 unspecified atom stereocenters. The number of nitrogens with zero attached hydrogens (tertiary/aromatic N) is 2. The molecule has 1 aliphatic heterocycles. The highest BCUT2D eigenvalue weighted by Gasteiger charge is 2.57. The van der Waals surface area contributed by atoms with Crippen LogP contribution in [-0.2, 0) is 18.3 Å². The van der Waals surface area contributed by atoms with Gasteiger partial charge in [0.1, 0.15) is 5.82 Å². The third-order valence-electron chi connectivity index (χ3n) is 5.86. The molecule has 2 heterocycles. The summed E-state index contributed by atoms with van der Waals surface area (Å²) in [5, 5.41) is 6.53. The van der Waals surface area contributed by atoms with Crippen molar-refractivity contribution >= 4 is 41.8 Å². The van der Waals surface area contributed by atoms with Gasteiger partial charge in [-0.1, -0.05) is 12.1 Å². The number of fused-ring (bicyclic) bond motifs is 1. The third kappa shape index (κ3) is 4.00. The number of carbonyl (C=O) groups is 1. The molecule has 4 rings (SSSR count). The summed E-state index contributed by atoms with van der Waals surface area (Å²) in [6.45, 7) is 2.87. The zero-order valence-electron chi connectivity index (χ0n) is 15.2. The number of aryl methyl sites for hydroxylation is 2. The predicted molar refractivity (Wildman–Crippen MR) is 109 cm³/mol. The Balaban J connectivity index is 0.00000121. The Labute approximate surface area is 167 Å². The average molecular weight is 399 g/mol. The summed E-state index contributed by atoms with van der Waals surface area (Å²) >= 11 is 0. The van der Waals surface area contributed by atoms with E-state index in [9.17, 15) is 4.79 Å². The third-order valence-corrected chi connectivity index (χ3v) is 5.86. The van der Waals surface area contributed by atoms with Crippen LogP contribution in [0.15, 0.2) is 24.3 Å². The normalized spacial score (nSPS) is 20.3. The van der Waals surface area contributed by atoms with E-state index in [2.05, 4.69) is 33.3 Å². The molecule has 2 aromatic rings. The molecule has 144 valence electrons. The molecule has 26 heavy (non-hydrogen) atoms. The van der Waals surface area contributed by atoms with E-state index in [0.717, 1.165) is 63.1 Å². The van der Waals surface area contributed by atoms with Crippen molar-refractivity contribution < 1.29 is 4.79 Å². The van der Waals surface area contributed by atoms with E-state index in [1.165, 1.54) is 5.52 Å². The number of benzene rings is 1. The second-order valence-corrected chi connectivity index (χ2v) is 7.34. The number of amides is 1. The maximum Gasteiger partial charge on any atom is 0.223 e. The van der Waals surface area contributed by atoms with Crippen LogP contribution in [0.25, 0.3) is 11.0 Å². The number of halogens is 2. The minimum absolute atomic E-state index is 0. The molecule has 0 bridgehead atoms. The van der Waals surface area contributed by atoms with Gasteiger partial charge in [0, 0.05) is 25.9 Å². The number of imidazole rings is 1. The number of hydrogen-bond donors (Lipinski definition) is 2. The lowest BCUT2D eigenvalue weighted by molar-refractivity contribution is -0.123. The Morgan fingerprint density at radius 3 is 2.77 bits per heavy atom. The zero-order chi connectivity index (χ0) is 16.6. The quantitative estimate of drug-likeness (QED) is 0.761. The Kier molecular flexibility index (Phi) is 6.94. The van der Waals surface area contributed by atoms with E-state index >= 15 is 0 Å². The Morgan fingerprint density at radius 2 is 2.04 bits per heavy atom. The van der Waals surface area contributed by atoms with Crippen LogP contribution >= 0.6 is 24.8 Å². The van der Waals surface area contributed by atoms with Crippen molar-refractivity contribution in [3.05, 3.63) is 30.1 Å². The predicted octanol–water partition coefficient (Wildman–Crippen LogP) is 2.86. The van der Waals surface area contributed by atoms with Crippen molar-refractivity contribution in [2.24, 2.45) is 18.4 Å². The van der Waals surface area contributed by atoms with Gasteiger partial charge in [-0.25, -0.2) is 4.98 Å². The highest BCUT2D eigenvalue weighted by atomic mass is 35.5. The lowest BCUT2D eigenvalue weighted by Crippen LogP contribution is -2.34. The van der Waals surface area contributed by atoms with Crippen molar-refractivity contribution in [2.45, 2.75) is 32.1 Å². The van der Waals surface area contributed by atoms with Gasteiger partial charge in [-0.3, -0.25) is 4.79 Å². The Morgan fingerprint density at radius 1 is 1.31 bits per heavy atom. The lowest BCUT2D eigenvalue weighted by Gasteiger charge is -2.23. The van der Waals surface area contributed by atoms with Crippen LogP contribution in [0, 0.1) is 11.3 Å². The fraction of sp³-hybridized carbons (Fsp3) is 0.579. The molecule has 1 amide bonds. The number of para-hydroxylation sites is 2. The molecule has 2 aliphatic rings. The largest absolute Gasteiger partial charge is 0.356 e. The average Bonchev–Trinajstić information content (AvgIpc) is 3.20. The molecule has 2 fully saturated rings. The van der Waals surface area contributed by atoms with Gasteiger partial charge < -0.3 is 15.2 Å². The summed E-state index contributed by atoms with van der Waals surface area (Å²) < 4.78 is 2.15. The summed E-state index contributed by atoms with van der Waals surface area (Å²) in [5.41, 5.74) is 2.54. The van der Waals surface area contributed by atoms with Crippen molar-refractivity contribution in [3.63, 3.8) is 0 Å². The summed E-state index contributed by atoms with van der Waals surface area (Å²) in [6.07, 6.45) is 5.23. The van der Waals surface area contributed by atoms with E-state index in [1.807, 2.05) is 18.2 Å². The number of aromatic nitrogens is 2. The molecule has 7 heteroatoms. The molecule has 5 nitrogen and oxygen atoms in total. The van der Waals surface area contributed by atoms with E-state index in [1.54, 1.807) is 0 Å². The van der Waals surface area contributed by atoms with Gasteiger partial charge in [0.2, 0.25) is 5.91 Å². The topological polar surface area (TPSA) is 59.0 Å². The smallest absolute Gasteiger partial charge is 0.223 e. The standard InChI is InChI=1S/C19H26N4O.2ClH/c1-23-16-6-3-2-5-15(16)22-17(23)7-4-10-21-18(24)14-13-19(14)8-11-20-12-9-19;;/h2-3,5-6,14,20H,4,7-13H2,1H3,(H,21,24);2*1H. The number of piperidine rings is 1. The highest BCUT2D eigenvalue weighted by molar-refractivity contribution is 5.85. The number of nitrogens with one attached hydrogen (secondary N) is 2. The van der Waals surface area contributed by atoms with Crippen molar-refractivity contribution in [2.75, 3.05) is 19.6 Å². The second-order valence-electron chi connectivity index (χ2n) is 7.34. The minimum atomic E-state index is 0. The molecule has 0 radical (unpaired) electrons. The molecule has 1 atom stereocenters.